The third kappa shape index (κ3) is 7.81. The van der Waals surface area contributed by atoms with E-state index in [0.29, 0.717) is 12.2 Å². The number of aromatic nitrogens is 1. The summed E-state index contributed by atoms with van der Waals surface area (Å²) in [5.74, 6) is 0.477. The van der Waals surface area contributed by atoms with Crippen molar-refractivity contribution >= 4 is 72.8 Å². The first-order valence-corrected chi connectivity index (χ1v) is 15.5. The third-order valence-electron chi connectivity index (χ3n) is 6.15. The highest BCUT2D eigenvalue weighted by Crippen LogP contribution is 2.32. The number of aryl methyl sites for hydroxylation is 2. The van der Waals surface area contributed by atoms with Crippen molar-refractivity contribution in [1.29, 1.82) is 0 Å². The SMILES string of the molecule is Cc1ccc(COc2c(Br)cc(/C=N\NC(=O)c3ccc(-c4csc(Nc5ccc(C)cc5)n4)cc3)cc2I)cc1. The van der Waals surface area contributed by atoms with Crippen LogP contribution in [-0.2, 0) is 6.61 Å². The minimum absolute atomic E-state index is 0.292. The Morgan fingerprint density at radius 2 is 1.68 bits per heavy atom. The lowest BCUT2D eigenvalue weighted by Gasteiger charge is -2.11. The molecule has 0 aliphatic heterocycles. The summed E-state index contributed by atoms with van der Waals surface area (Å²) in [4.78, 5) is 17.3. The highest BCUT2D eigenvalue weighted by molar-refractivity contribution is 14.1. The Kier molecular flexibility index (Phi) is 9.48. The molecule has 1 aromatic heterocycles. The van der Waals surface area contributed by atoms with Gasteiger partial charge in [-0.05, 0) is 99.9 Å². The first-order valence-electron chi connectivity index (χ1n) is 12.7. The van der Waals surface area contributed by atoms with E-state index in [1.165, 1.54) is 22.5 Å². The van der Waals surface area contributed by atoms with Crippen molar-refractivity contribution in [2.75, 3.05) is 5.32 Å². The van der Waals surface area contributed by atoms with Gasteiger partial charge in [-0.25, -0.2) is 10.4 Å². The molecule has 5 aromatic rings. The van der Waals surface area contributed by atoms with E-state index in [9.17, 15) is 4.79 Å². The van der Waals surface area contributed by atoms with E-state index in [0.717, 1.165) is 47.0 Å². The quantitative estimate of drug-likeness (QED) is 0.0901. The molecule has 1 amide bonds. The molecular weight excluding hydrogens is 711 g/mol. The number of carbonyl (C=O) groups is 1. The third-order valence-corrected chi connectivity index (χ3v) is 8.30. The molecule has 6 nitrogen and oxygen atoms in total. The summed E-state index contributed by atoms with van der Waals surface area (Å²) in [6.45, 7) is 4.60. The fourth-order valence-corrected chi connectivity index (χ4v) is 6.39. The lowest BCUT2D eigenvalue weighted by Crippen LogP contribution is -2.17. The minimum Gasteiger partial charge on any atom is -0.487 e. The number of thiazole rings is 1. The number of halogens is 2. The normalized spacial score (nSPS) is 11.0. The van der Waals surface area contributed by atoms with Crippen LogP contribution in [0.2, 0.25) is 0 Å². The summed E-state index contributed by atoms with van der Waals surface area (Å²) in [6.07, 6.45) is 1.61. The van der Waals surface area contributed by atoms with Crippen molar-refractivity contribution < 1.29 is 9.53 Å². The maximum absolute atomic E-state index is 12.7. The highest BCUT2D eigenvalue weighted by Gasteiger charge is 2.10. The Hall–Kier alpha value is -3.54. The van der Waals surface area contributed by atoms with E-state index in [1.54, 1.807) is 18.3 Å². The van der Waals surface area contributed by atoms with Gasteiger partial charge < -0.3 is 10.1 Å². The molecule has 0 bridgehead atoms. The second-order valence-electron chi connectivity index (χ2n) is 9.39. The molecule has 9 heteroatoms. The lowest BCUT2D eigenvalue weighted by molar-refractivity contribution is 0.0955. The van der Waals surface area contributed by atoms with Gasteiger partial charge in [0.05, 0.1) is 20.0 Å². The Labute approximate surface area is 265 Å². The number of nitrogens with one attached hydrogen (secondary N) is 2. The average molecular weight is 737 g/mol. The number of rotatable bonds is 9. The van der Waals surface area contributed by atoms with E-state index in [-0.39, 0.29) is 5.91 Å². The van der Waals surface area contributed by atoms with Gasteiger partial charge in [0, 0.05) is 22.2 Å². The second kappa shape index (κ2) is 13.4. The summed E-state index contributed by atoms with van der Waals surface area (Å²) >= 11 is 7.37. The van der Waals surface area contributed by atoms with Gasteiger partial charge in [0.1, 0.15) is 12.4 Å². The molecule has 0 aliphatic carbocycles. The molecule has 0 radical (unpaired) electrons. The Balaban J connectivity index is 1.16. The van der Waals surface area contributed by atoms with Crippen LogP contribution in [-0.4, -0.2) is 17.1 Å². The smallest absolute Gasteiger partial charge is 0.271 e. The van der Waals surface area contributed by atoms with Gasteiger partial charge in [-0.2, -0.15) is 5.10 Å². The van der Waals surface area contributed by atoms with Crippen molar-refractivity contribution in [2.24, 2.45) is 5.10 Å². The Morgan fingerprint density at radius 1 is 1.00 bits per heavy atom. The van der Waals surface area contributed by atoms with Crippen LogP contribution in [0.5, 0.6) is 5.75 Å². The van der Waals surface area contributed by atoms with E-state index < -0.39 is 0 Å². The zero-order chi connectivity index (χ0) is 28.8. The van der Waals surface area contributed by atoms with Crippen LogP contribution >= 0.6 is 49.9 Å². The molecule has 206 valence electrons. The van der Waals surface area contributed by atoms with E-state index in [4.69, 9.17) is 4.74 Å². The molecule has 0 saturated carbocycles. The molecular formula is C32H26BrIN4O2S. The molecule has 2 N–H and O–H groups in total. The van der Waals surface area contributed by atoms with Crippen LogP contribution in [0.25, 0.3) is 11.3 Å². The monoisotopic (exact) mass is 736 g/mol. The number of hydrogen-bond acceptors (Lipinski definition) is 6. The second-order valence-corrected chi connectivity index (χ2v) is 12.3. The van der Waals surface area contributed by atoms with Gasteiger partial charge in [-0.15, -0.1) is 11.3 Å². The number of amides is 1. The van der Waals surface area contributed by atoms with Crippen molar-refractivity contribution in [3.63, 3.8) is 0 Å². The van der Waals surface area contributed by atoms with Crippen LogP contribution in [0.3, 0.4) is 0 Å². The van der Waals surface area contributed by atoms with Crippen molar-refractivity contribution in [1.82, 2.24) is 10.4 Å². The number of hydrogen-bond donors (Lipinski definition) is 2. The first-order chi connectivity index (χ1) is 19.8. The van der Waals surface area contributed by atoms with Gasteiger partial charge in [0.2, 0.25) is 0 Å². The largest absolute Gasteiger partial charge is 0.487 e. The number of nitrogens with zero attached hydrogens (tertiary/aromatic N) is 2. The molecule has 0 spiro atoms. The number of ether oxygens (including phenoxy) is 1. The van der Waals surface area contributed by atoms with Crippen LogP contribution in [0.4, 0.5) is 10.8 Å². The number of benzene rings is 4. The van der Waals surface area contributed by atoms with Gasteiger partial charge in [-0.3, -0.25) is 4.79 Å². The zero-order valence-corrected chi connectivity index (χ0v) is 26.9. The van der Waals surface area contributed by atoms with Crippen molar-refractivity contribution in [3.8, 4) is 17.0 Å². The predicted octanol–water partition coefficient (Wildman–Crippen LogP) is 8.88. The maximum atomic E-state index is 12.7. The lowest BCUT2D eigenvalue weighted by atomic mass is 10.1. The molecule has 5 rings (SSSR count). The molecule has 0 fully saturated rings. The number of anilines is 2. The molecule has 1 heterocycles. The molecule has 41 heavy (non-hydrogen) atoms. The van der Waals surface area contributed by atoms with Crippen molar-refractivity contribution in [2.45, 2.75) is 20.5 Å². The molecule has 0 atom stereocenters. The summed E-state index contributed by atoms with van der Waals surface area (Å²) < 4.78 is 7.80. The van der Waals surface area contributed by atoms with Crippen LogP contribution in [0.15, 0.2) is 99.9 Å². The number of hydrazone groups is 1. The summed E-state index contributed by atoms with van der Waals surface area (Å²) in [6, 6.07) is 27.6. The average Bonchev–Trinajstić information content (AvgIpc) is 3.43. The van der Waals surface area contributed by atoms with Crippen LogP contribution < -0.4 is 15.5 Å². The van der Waals surface area contributed by atoms with E-state index >= 15 is 0 Å². The van der Waals surface area contributed by atoms with Gasteiger partial charge in [0.25, 0.3) is 5.91 Å². The Morgan fingerprint density at radius 3 is 2.37 bits per heavy atom. The maximum Gasteiger partial charge on any atom is 0.271 e. The summed E-state index contributed by atoms with van der Waals surface area (Å²) in [7, 11) is 0. The van der Waals surface area contributed by atoms with Gasteiger partial charge >= 0.3 is 0 Å². The zero-order valence-electron chi connectivity index (χ0n) is 22.3. The molecule has 0 saturated heterocycles. The summed E-state index contributed by atoms with van der Waals surface area (Å²) in [5, 5.41) is 10.3. The predicted molar refractivity (Wildman–Crippen MR) is 179 cm³/mol. The topological polar surface area (TPSA) is 75.6 Å². The Bertz CT molecular complexity index is 1660. The van der Waals surface area contributed by atoms with Crippen LogP contribution in [0, 0.1) is 17.4 Å². The van der Waals surface area contributed by atoms with E-state index in [1.807, 2.05) is 41.8 Å². The number of carbonyl (C=O) groups excluding carboxylic acids is 1. The van der Waals surface area contributed by atoms with Crippen molar-refractivity contribution in [3.05, 3.63) is 126 Å². The van der Waals surface area contributed by atoms with Gasteiger partial charge in [-0.1, -0.05) is 59.7 Å². The fraction of sp³-hybridized carbons (Fsp3) is 0.0938. The summed E-state index contributed by atoms with van der Waals surface area (Å²) in [5.41, 5.74) is 10.3. The standard InChI is InChI=1S/C32H26BrIN4O2S/c1-20-3-7-22(8-4-20)18-40-30-27(33)15-23(16-28(30)34)17-35-38-31(39)25-11-9-24(10-12-25)29-19-41-32(37-29)36-26-13-5-21(2)6-14-26/h3-17,19H,18H2,1-2H3,(H,36,37)(H,38,39)/b35-17-. The minimum atomic E-state index is -0.292. The fourth-order valence-electron chi connectivity index (χ4n) is 3.88. The van der Waals surface area contributed by atoms with Gasteiger partial charge in [0.15, 0.2) is 5.13 Å². The molecule has 0 aliphatic rings. The first kappa shape index (κ1) is 29.0. The van der Waals surface area contributed by atoms with E-state index in [2.05, 4.69) is 110 Å². The van der Waals surface area contributed by atoms with Crippen LogP contribution in [0.1, 0.15) is 32.6 Å². The molecule has 0 unspecified atom stereocenters. The molecule has 4 aromatic carbocycles. The highest BCUT2D eigenvalue weighted by atomic mass is 127.